The van der Waals surface area contributed by atoms with Gasteiger partial charge >= 0.3 is 0 Å². The molecule has 0 spiro atoms. The molecule has 0 aliphatic carbocycles. The average Bonchev–Trinajstić information content (AvgIpc) is 2.30. The maximum Gasteiger partial charge on any atom is 0.205 e. The molecule has 0 aliphatic rings. The molecule has 0 fully saturated rings. The van der Waals surface area contributed by atoms with Gasteiger partial charge < -0.3 is 0 Å². The zero-order valence-corrected chi connectivity index (χ0v) is 10.6. The highest BCUT2D eigenvalue weighted by molar-refractivity contribution is 9.10. The first-order valence-electron chi connectivity index (χ1n) is 4.39. The van der Waals surface area contributed by atoms with E-state index in [1.54, 1.807) is 12.4 Å². The van der Waals surface area contributed by atoms with Gasteiger partial charge in [-0.1, -0.05) is 24.1 Å². The molecule has 2 nitrogen and oxygen atoms in total. The Kier molecular flexibility index (Phi) is 4.97. The van der Waals surface area contributed by atoms with E-state index >= 15 is 0 Å². The standard InChI is InChI=1S/C12H7BrN2.ClH/c13-11-8-14-12(15-9-11)7-6-10-4-2-1-3-5-10;/h1-5,8-9H;1H. The normalized spacial score (nSPS) is 8.56. The number of hydrogen-bond donors (Lipinski definition) is 0. The lowest BCUT2D eigenvalue weighted by Crippen LogP contribution is -1.86. The molecule has 0 amide bonds. The summed E-state index contributed by atoms with van der Waals surface area (Å²) in [5.74, 6) is 6.41. The molecule has 1 aromatic carbocycles. The van der Waals surface area contributed by atoms with Crippen LogP contribution in [0.3, 0.4) is 0 Å². The van der Waals surface area contributed by atoms with Crippen LogP contribution in [0.1, 0.15) is 11.4 Å². The van der Waals surface area contributed by atoms with Crippen molar-refractivity contribution in [2.24, 2.45) is 0 Å². The molecule has 2 rings (SSSR count). The quantitative estimate of drug-likeness (QED) is 0.698. The van der Waals surface area contributed by atoms with Crippen LogP contribution in [0.15, 0.2) is 47.2 Å². The Labute approximate surface area is 109 Å². The molecule has 1 aromatic heterocycles. The Morgan fingerprint density at radius 1 is 0.938 bits per heavy atom. The lowest BCUT2D eigenvalue weighted by molar-refractivity contribution is 1.11. The summed E-state index contributed by atoms with van der Waals surface area (Å²) in [7, 11) is 0. The minimum absolute atomic E-state index is 0. The number of rotatable bonds is 0. The third kappa shape index (κ3) is 3.65. The highest BCUT2D eigenvalue weighted by Crippen LogP contribution is 2.03. The van der Waals surface area contributed by atoms with Crippen LogP contribution in [-0.2, 0) is 0 Å². The molecular weight excluding hydrogens is 288 g/mol. The maximum absolute atomic E-state index is 4.06. The summed E-state index contributed by atoms with van der Waals surface area (Å²) in [4.78, 5) is 8.12. The number of nitrogens with zero attached hydrogens (tertiary/aromatic N) is 2. The predicted octanol–water partition coefficient (Wildman–Crippen LogP) is 3.06. The zero-order valence-electron chi connectivity index (χ0n) is 8.22. The lowest BCUT2D eigenvalue weighted by Gasteiger charge is -1.89. The second kappa shape index (κ2) is 6.26. The van der Waals surface area contributed by atoms with Crippen molar-refractivity contribution in [1.29, 1.82) is 0 Å². The monoisotopic (exact) mass is 294 g/mol. The third-order valence-corrected chi connectivity index (χ3v) is 2.12. The van der Waals surface area contributed by atoms with E-state index in [4.69, 9.17) is 0 Å². The number of halogens is 2. The molecule has 0 aliphatic heterocycles. The van der Waals surface area contributed by atoms with Gasteiger partial charge in [0.1, 0.15) is 0 Å². The van der Waals surface area contributed by atoms with E-state index in [9.17, 15) is 0 Å². The predicted molar refractivity (Wildman–Crippen MR) is 69.4 cm³/mol. The van der Waals surface area contributed by atoms with Gasteiger partial charge in [-0.25, -0.2) is 9.97 Å². The van der Waals surface area contributed by atoms with Crippen LogP contribution in [0, 0.1) is 11.8 Å². The van der Waals surface area contributed by atoms with Crippen molar-refractivity contribution in [2.75, 3.05) is 0 Å². The summed E-state index contributed by atoms with van der Waals surface area (Å²) < 4.78 is 0.854. The summed E-state index contributed by atoms with van der Waals surface area (Å²) in [6.45, 7) is 0. The summed E-state index contributed by atoms with van der Waals surface area (Å²) in [5.41, 5.74) is 0.962. The second-order valence-corrected chi connectivity index (χ2v) is 3.76. The van der Waals surface area contributed by atoms with Crippen LogP contribution in [0.4, 0.5) is 0 Å². The highest BCUT2D eigenvalue weighted by atomic mass is 79.9. The number of aromatic nitrogens is 2. The molecule has 0 unspecified atom stereocenters. The van der Waals surface area contributed by atoms with Gasteiger partial charge in [-0.3, -0.25) is 0 Å². The fourth-order valence-electron chi connectivity index (χ4n) is 1.03. The van der Waals surface area contributed by atoms with Crippen LogP contribution in [-0.4, -0.2) is 9.97 Å². The Morgan fingerprint density at radius 2 is 1.56 bits per heavy atom. The molecule has 0 N–H and O–H groups in total. The number of benzene rings is 1. The average molecular weight is 296 g/mol. The van der Waals surface area contributed by atoms with Crippen LogP contribution >= 0.6 is 28.3 Å². The first-order chi connectivity index (χ1) is 7.34. The Hall–Kier alpha value is -1.37. The number of hydrogen-bond acceptors (Lipinski definition) is 2. The summed E-state index contributed by atoms with van der Waals surface area (Å²) >= 11 is 3.27. The van der Waals surface area contributed by atoms with Crippen molar-refractivity contribution in [3.8, 4) is 11.8 Å². The molecular formula is C12H8BrClN2. The van der Waals surface area contributed by atoms with Crippen molar-refractivity contribution in [2.45, 2.75) is 0 Å². The van der Waals surface area contributed by atoms with E-state index in [0.717, 1.165) is 10.0 Å². The van der Waals surface area contributed by atoms with E-state index in [-0.39, 0.29) is 12.4 Å². The summed E-state index contributed by atoms with van der Waals surface area (Å²) in [5, 5.41) is 0. The van der Waals surface area contributed by atoms with E-state index in [1.807, 2.05) is 30.3 Å². The van der Waals surface area contributed by atoms with Crippen molar-refractivity contribution in [3.63, 3.8) is 0 Å². The van der Waals surface area contributed by atoms with Crippen LogP contribution in [0.5, 0.6) is 0 Å². The van der Waals surface area contributed by atoms with Crippen molar-refractivity contribution >= 4 is 28.3 Å². The van der Waals surface area contributed by atoms with E-state index in [2.05, 4.69) is 37.7 Å². The zero-order chi connectivity index (χ0) is 10.5. The largest absolute Gasteiger partial charge is 0.228 e. The Bertz CT molecular complexity index is 500. The van der Waals surface area contributed by atoms with Crippen molar-refractivity contribution in [1.82, 2.24) is 9.97 Å². The SMILES string of the molecule is Brc1cnc(C#Cc2ccccc2)nc1.Cl. The molecule has 2 aromatic rings. The van der Waals surface area contributed by atoms with Gasteiger partial charge in [-0.2, -0.15) is 0 Å². The van der Waals surface area contributed by atoms with E-state index < -0.39 is 0 Å². The topological polar surface area (TPSA) is 25.8 Å². The smallest absolute Gasteiger partial charge is 0.205 e. The highest BCUT2D eigenvalue weighted by Gasteiger charge is 1.90. The first-order valence-corrected chi connectivity index (χ1v) is 5.18. The van der Waals surface area contributed by atoms with Gasteiger partial charge in [0.2, 0.25) is 5.82 Å². The van der Waals surface area contributed by atoms with Gasteiger partial charge in [0, 0.05) is 18.0 Å². The van der Waals surface area contributed by atoms with Gasteiger partial charge in [0.15, 0.2) is 0 Å². The van der Waals surface area contributed by atoms with E-state index in [0.29, 0.717) is 5.82 Å². The van der Waals surface area contributed by atoms with Crippen LogP contribution in [0.25, 0.3) is 0 Å². The van der Waals surface area contributed by atoms with Crippen molar-refractivity contribution < 1.29 is 0 Å². The lowest BCUT2D eigenvalue weighted by atomic mass is 10.2. The molecule has 0 radical (unpaired) electrons. The maximum atomic E-state index is 4.06. The summed E-state index contributed by atoms with van der Waals surface area (Å²) in [6, 6.07) is 9.76. The second-order valence-electron chi connectivity index (χ2n) is 2.84. The van der Waals surface area contributed by atoms with Gasteiger partial charge in [-0.15, -0.1) is 12.4 Å². The molecule has 0 saturated carbocycles. The minimum Gasteiger partial charge on any atom is -0.228 e. The van der Waals surface area contributed by atoms with E-state index in [1.165, 1.54) is 0 Å². The Balaban J connectivity index is 0.00000128. The molecule has 0 atom stereocenters. The molecule has 1 heterocycles. The van der Waals surface area contributed by atoms with Crippen LogP contribution < -0.4 is 0 Å². The fraction of sp³-hybridized carbons (Fsp3) is 0. The molecule has 16 heavy (non-hydrogen) atoms. The molecule has 0 bridgehead atoms. The summed E-state index contributed by atoms with van der Waals surface area (Å²) in [6.07, 6.45) is 3.37. The minimum atomic E-state index is 0. The Morgan fingerprint density at radius 3 is 2.19 bits per heavy atom. The van der Waals surface area contributed by atoms with Gasteiger partial charge in [-0.05, 0) is 34.0 Å². The molecule has 80 valence electrons. The van der Waals surface area contributed by atoms with Crippen LogP contribution in [0.2, 0.25) is 0 Å². The van der Waals surface area contributed by atoms with Gasteiger partial charge in [0.25, 0.3) is 0 Å². The van der Waals surface area contributed by atoms with Gasteiger partial charge in [0.05, 0.1) is 4.47 Å². The first kappa shape index (κ1) is 12.7. The molecule has 0 saturated heterocycles. The fourth-order valence-corrected chi connectivity index (χ4v) is 1.23. The van der Waals surface area contributed by atoms with Crippen molar-refractivity contribution in [3.05, 3.63) is 58.6 Å². The molecule has 4 heteroatoms. The third-order valence-electron chi connectivity index (χ3n) is 1.71.